The summed E-state index contributed by atoms with van der Waals surface area (Å²) in [6.07, 6.45) is 5.10. The number of amides is 1. The van der Waals surface area contributed by atoms with E-state index in [2.05, 4.69) is 20.2 Å². The van der Waals surface area contributed by atoms with E-state index in [4.69, 9.17) is 16.3 Å². The highest BCUT2D eigenvalue weighted by Crippen LogP contribution is 2.53. The maximum atomic E-state index is 13.2. The van der Waals surface area contributed by atoms with E-state index in [1.165, 1.54) is 31.2 Å². The molecule has 2 heterocycles. The Morgan fingerprint density at radius 3 is 2.63 bits per heavy atom. The number of carbonyl (C=O) groups is 1. The molecule has 1 amide bonds. The maximum absolute atomic E-state index is 13.2. The number of halogens is 2. The van der Waals surface area contributed by atoms with Crippen LogP contribution in [0.1, 0.15) is 46.3 Å². The molecule has 1 saturated heterocycles. The van der Waals surface area contributed by atoms with Crippen molar-refractivity contribution >= 4 is 23.5 Å². The summed E-state index contributed by atoms with van der Waals surface area (Å²) in [5, 5.41) is 12.6. The van der Waals surface area contributed by atoms with E-state index in [0.717, 1.165) is 30.6 Å². The molecule has 1 aliphatic heterocycles. The number of hydrogen-bond acceptors (Lipinski definition) is 6. The molecule has 0 atom stereocenters. The molecular weight excluding hydrogens is 471 g/mol. The van der Waals surface area contributed by atoms with Gasteiger partial charge in [-0.15, -0.1) is 0 Å². The summed E-state index contributed by atoms with van der Waals surface area (Å²) in [7, 11) is 0. The molecule has 0 bridgehead atoms. The van der Waals surface area contributed by atoms with Crippen molar-refractivity contribution < 1.29 is 19.0 Å². The predicted octanol–water partition coefficient (Wildman–Crippen LogP) is 4.26. The largest absolute Gasteiger partial charge is 0.472 e. The van der Waals surface area contributed by atoms with Crippen LogP contribution in [-0.2, 0) is 19.8 Å². The van der Waals surface area contributed by atoms with E-state index in [1.807, 2.05) is 6.07 Å². The molecule has 35 heavy (non-hydrogen) atoms. The minimum atomic E-state index is -0.385. The third-order valence-corrected chi connectivity index (χ3v) is 7.05. The Morgan fingerprint density at radius 2 is 1.94 bits per heavy atom. The molecule has 182 valence electrons. The molecule has 5 rings (SSSR count). The van der Waals surface area contributed by atoms with Gasteiger partial charge in [-0.05, 0) is 59.6 Å². The summed E-state index contributed by atoms with van der Waals surface area (Å²) in [5.41, 5.74) is 2.80. The molecule has 2 N–H and O–H groups in total. The van der Waals surface area contributed by atoms with Gasteiger partial charge in [-0.2, -0.15) is 4.98 Å². The van der Waals surface area contributed by atoms with Crippen LogP contribution < -0.4 is 15.0 Å². The van der Waals surface area contributed by atoms with Gasteiger partial charge in [0.25, 0.3) is 5.91 Å². The van der Waals surface area contributed by atoms with Gasteiger partial charge in [-0.1, -0.05) is 35.9 Å². The van der Waals surface area contributed by atoms with Gasteiger partial charge in [-0.3, -0.25) is 4.79 Å². The number of ether oxygens (including phenoxy) is 1. The number of hydrogen-bond donors (Lipinski definition) is 2. The highest BCUT2D eigenvalue weighted by molar-refractivity contribution is 6.31. The summed E-state index contributed by atoms with van der Waals surface area (Å²) in [5.74, 6) is 0.0182. The number of anilines is 1. The molecular formula is C26H26ClFN4O3. The molecule has 7 nitrogen and oxygen atoms in total. The zero-order valence-electron chi connectivity index (χ0n) is 19.1. The number of rotatable bonds is 8. The summed E-state index contributed by atoms with van der Waals surface area (Å²) in [4.78, 5) is 24.2. The third-order valence-electron chi connectivity index (χ3n) is 6.69. The molecule has 1 spiro atoms. The fourth-order valence-electron chi connectivity index (χ4n) is 4.31. The van der Waals surface area contributed by atoms with Gasteiger partial charge >= 0.3 is 0 Å². The van der Waals surface area contributed by atoms with Crippen molar-refractivity contribution in [3.05, 3.63) is 81.8 Å². The van der Waals surface area contributed by atoms with E-state index < -0.39 is 0 Å². The fourth-order valence-corrected chi connectivity index (χ4v) is 4.57. The normalized spacial score (nSPS) is 15.9. The second kappa shape index (κ2) is 9.79. The molecule has 3 aromatic rings. The maximum Gasteiger partial charge on any atom is 0.258 e. The number of aromatic nitrogens is 2. The second-order valence-corrected chi connectivity index (χ2v) is 9.65. The lowest BCUT2D eigenvalue weighted by atomic mass is 10.1. The number of benzene rings is 2. The van der Waals surface area contributed by atoms with Crippen LogP contribution in [0.15, 0.2) is 48.7 Å². The summed E-state index contributed by atoms with van der Waals surface area (Å²) in [6.45, 7) is 2.02. The van der Waals surface area contributed by atoms with E-state index in [0.29, 0.717) is 21.9 Å². The first-order chi connectivity index (χ1) is 16.9. The van der Waals surface area contributed by atoms with E-state index >= 15 is 0 Å². The molecule has 1 aromatic heterocycles. The van der Waals surface area contributed by atoms with Gasteiger partial charge in [-0.25, -0.2) is 9.37 Å². The first-order valence-electron chi connectivity index (χ1n) is 11.6. The van der Waals surface area contributed by atoms with Crippen molar-refractivity contribution in [2.75, 3.05) is 18.0 Å². The van der Waals surface area contributed by atoms with Crippen molar-refractivity contribution in [2.45, 2.75) is 39.0 Å². The molecule has 2 aromatic carbocycles. The van der Waals surface area contributed by atoms with Gasteiger partial charge in [0.1, 0.15) is 18.0 Å². The van der Waals surface area contributed by atoms with Crippen LogP contribution in [0.3, 0.4) is 0 Å². The van der Waals surface area contributed by atoms with E-state index in [-0.39, 0.29) is 42.9 Å². The van der Waals surface area contributed by atoms with Crippen LogP contribution >= 0.6 is 11.6 Å². The summed E-state index contributed by atoms with van der Waals surface area (Å²) < 4.78 is 19.2. The number of aliphatic hydroxyl groups excluding tert-OH is 1. The summed E-state index contributed by atoms with van der Waals surface area (Å²) >= 11 is 6.21. The van der Waals surface area contributed by atoms with Crippen molar-refractivity contribution in [2.24, 2.45) is 5.41 Å². The van der Waals surface area contributed by atoms with Crippen LogP contribution in [0.2, 0.25) is 5.02 Å². The quantitative estimate of drug-likeness (QED) is 0.484. The monoisotopic (exact) mass is 496 g/mol. The molecule has 1 saturated carbocycles. The van der Waals surface area contributed by atoms with Crippen LogP contribution in [-0.4, -0.2) is 34.1 Å². The number of nitrogens with one attached hydrogen (secondary N) is 1. The van der Waals surface area contributed by atoms with Gasteiger partial charge in [0.15, 0.2) is 0 Å². The second-order valence-electron chi connectivity index (χ2n) is 9.24. The van der Waals surface area contributed by atoms with Gasteiger partial charge in [0, 0.05) is 30.9 Å². The lowest BCUT2D eigenvalue weighted by Gasteiger charge is -2.18. The molecule has 1 aliphatic carbocycles. The van der Waals surface area contributed by atoms with Gasteiger partial charge < -0.3 is 20.1 Å². The minimum Gasteiger partial charge on any atom is -0.472 e. The van der Waals surface area contributed by atoms with Crippen LogP contribution in [0.4, 0.5) is 10.3 Å². The molecule has 2 fully saturated rings. The average Bonchev–Trinajstić information content (AvgIpc) is 3.50. The zero-order chi connectivity index (χ0) is 24.4. The smallest absolute Gasteiger partial charge is 0.258 e. The predicted molar refractivity (Wildman–Crippen MR) is 130 cm³/mol. The van der Waals surface area contributed by atoms with Crippen LogP contribution in [0, 0.1) is 11.2 Å². The van der Waals surface area contributed by atoms with E-state index in [1.54, 1.807) is 24.3 Å². The lowest BCUT2D eigenvalue weighted by Crippen LogP contribution is -2.26. The average molecular weight is 497 g/mol. The Hall–Kier alpha value is -3.23. The van der Waals surface area contributed by atoms with Crippen molar-refractivity contribution in [1.29, 1.82) is 0 Å². The number of nitrogens with zero attached hydrogens (tertiary/aromatic N) is 3. The van der Waals surface area contributed by atoms with Gasteiger partial charge in [0.05, 0.1) is 6.61 Å². The number of carbonyl (C=O) groups excluding carboxylic acids is 1. The molecule has 2 aliphatic rings. The Balaban J connectivity index is 1.35. The fraction of sp³-hybridized carbons (Fsp3) is 0.346. The Labute approximate surface area is 207 Å². The zero-order valence-corrected chi connectivity index (χ0v) is 19.9. The van der Waals surface area contributed by atoms with Crippen LogP contribution in [0.5, 0.6) is 5.88 Å². The highest BCUT2D eigenvalue weighted by Gasteiger charge is 2.48. The van der Waals surface area contributed by atoms with Gasteiger partial charge in [0.2, 0.25) is 11.8 Å². The standard InChI is InChI=1S/C26H26ClFN4O3/c27-22-11-18(1-4-19(22)14-33)15-35-24-21(23(34)29-12-17-2-5-20(28)6-3-17)13-30-25(31-24)32-10-9-26(16-32)7-8-26/h1-6,11,13,33H,7-10,12,14-16H2,(H,29,34). The topological polar surface area (TPSA) is 87.6 Å². The molecule has 0 unspecified atom stereocenters. The Morgan fingerprint density at radius 1 is 1.17 bits per heavy atom. The highest BCUT2D eigenvalue weighted by atomic mass is 35.5. The minimum absolute atomic E-state index is 0.143. The number of aliphatic hydroxyl groups is 1. The van der Waals surface area contributed by atoms with E-state index in [9.17, 15) is 14.3 Å². The first kappa shape index (κ1) is 23.5. The third kappa shape index (κ3) is 5.39. The Kier molecular flexibility index (Phi) is 6.58. The van der Waals surface area contributed by atoms with Crippen molar-refractivity contribution in [3.63, 3.8) is 0 Å². The lowest BCUT2D eigenvalue weighted by molar-refractivity contribution is 0.0945. The molecule has 9 heteroatoms. The first-order valence-corrected chi connectivity index (χ1v) is 12.0. The SMILES string of the molecule is O=C(NCc1ccc(F)cc1)c1cnc(N2CCC3(CC3)C2)nc1OCc1ccc(CO)c(Cl)c1. The van der Waals surface area contributed by atoms with Crippen molar-refractivity contribution in [3.8, 4) is 5.88 Å². The van der Waals surface area contributed by atoms with Crippen LogP contribution in [0.25, 0.3) is 0 Å². The molecule has 0 radical (unpaired) electrons. The van der Waals surface area contributed by atoms with Crippen molar-refractivity contribution in [1.82, 2.24) is 15.3 Å². The Bertz CT molecular complexity index is 1230. The summed E-state index contributed by atoms with van der Waals surface area (Å²) in [6, 6.07) is 11.2.